The van der Waals surface area contributed by atoms with E-state index in [2.05, 4.69) is 27.2 Å². The maximum atomic E-state index is 13.5. The van der Waals surface area contributed by atoms with Crippen LogP contribution in [-0.2, 0) is 0 Å². The van der Waals surface area contributed by atoms with Gasteiger partial charge in [-0.25, -0.2) is 4.39 Å². The van der Waals surface area contributed by atoms with Crippen molar-refractivity contribution >= 4 is 15.9 Å². The number of terminal acetylenes is 1. The Morgan fingerprint density at radius 2 is 2.33 bits per heavy atom. The molecule has 0 fully saturated rings. The average Bonchev–Trinajstić information content (AvgIpc) is 2.24. The van der Waals surface area contributed by atoms with Crippen molar-refractivity contribution in [2.24, 2.45) is 0 Å². The Balaban J connectivity index is 2.91. The van der Waals surface area contributed by atoms with Gasteiger partial charge in [0.2, 0.25) is 0 Å². The number of benzene rings is 1. The molecule has 0 aliphatic rings. The van der Waals surface area contributed by atoms with Crippen molar-refractivity contribution in [1.29, 1.82) is 0 Å². The van der Waals surface area contributed by atoms with E-state index in [1.165, 1.54) is 6.07 Å². The third kappa shape index (κ3) is 3.33. The van der Waals surface area contributed by atoms with Crippen LogP contribution < -0.4 is 5.32 Å². The maximum absolute atomic E-state index is 13.5. The Morgan fingerprint density at radius 3 is 2.93 bits per heavy atom. The van der Waals surface area contributed by atoms with E-state index in [9.17, 15) is 4.39 Å². The van der Waals surface area contributed by atoms with Crippen LogP contribution >= 0.6 is 15.9 Å². The van der Waals surface area contributed by atoms with Crippen LogP contribution in [0.5, 0.6) is 0 Å². The molecular formula is C12H13BrFN. The minimum Gasteiger partial charge on any atom is -0.313 e. The normalized spacial score (nSPS) is 12.1. The topological polar surface area (TPSA) is 12.0 Å². The second-order valence-corrected chi connectivity index (χ2v) is 4.17. The van der Waals surface area contributed by atoms with Crippen molar-refractivity contribution in [3.8, 4) is 12.3 Å². The van der Waals surface area contributed by atoms with Gasteiger partial charge in [-0.3, -0.25) is 0 Å². The Bertz CT molecular complexity index is 370. The number of nitrogens with one attached hydrogen (secondary N) is 1. The molecule has 1 aromatic rings. The summed E-state index contributed by atoms with van der Waals surface area (Å²) in [4.78, 5) is 0. The predicted molar refractivity (Wildman–Crippen MR) is 64.0 cm³/mol. The van der Waals surface area contributed by atoms with Gasteiger partial charge in [0, 0.05) is 22.5 Å². The molecule has 0 spiro atoms. The van der Waals surface area contributed by atoms with Crippen LogP contribution in [0, 0.1) is 18.2 Å². The molecule has 0 bridgehead atoms. The first-order valence-electron chi connectivity index (χ1n) is 4.74. The average molecular weight is 270 g/mol. The number of halogens is 2. The van der Waals surface area contributed by atoms with Crippen LogP contribution in [0.3, 0.4) is 0 Å². The molecule has 1 unspecified atom stereocenters. The van der Waals surface area contributed by atoms with E-state index in [-0.39, 0.29) is 11.9 Å². The largest absolute Gasteiger partial charge is 0.313 e. The molecule has 80 valence electrons. The van der Waals surface area contributed by atoms with Gasteiger partial charge >= 0.3 is 0 Å². The van der Waals surface area contributed by atoms with Crippen molar-refractivity contribution in [3.05, 3.63) is 34.1 Å². The van der Waals surface area contributed by atoms with E-state index in [1.54, 1.807) is 12.1 Å². The Hall–Kier alpha value is -0.850. The van der Waals surface area contributed by atoms with Gasteiger partial charge in [0.05, 0.1) is 0 Å². The van der Waals surface area contributed by atoms with Crippen LogP contribution in [0.1, 0.15) is 24.4 Å². The van der Waals surface area contributed by atoms with E-state index >= 15 is 0 Å². The summed E-state index contributed by atoms with van der Waals surface area (Å²) < 4.78 is 14.4. The molecular weight excluding hydrogens is 257 g/mol. The number of hydrogen-bond acceptors (Lipinski definition) is 1. The molecule has 0 saturated heterocycles. The zero-order valence-corrected chi connectivity index (χ0v) is 10.1. The lowest BCUT2D eigenvalue weighted by molar-refractivity contribution is 0.514. The zero-order valence-electron chi connectivity index (χ0n) is 8.56. The van der Waals surface area contributed by atoms with Crippen molar-refractivity contribution in [2.75, 3.05) is 7.05 Å². The lowest BCUT2D eigenvalue weighted by Gasteiger charge is -2.16. The van der Waals surface area contributed by atoms with Crippen molar-refractivity contribution in [1.82, 2.24) is 5.32 Å². The number of rotatable bonds is 4. The van der Waals surface area contributed by atoms with Crippen LogP contribution in [0.2, 0.25) is 0 Å². The van der Waals surface area contributed by atoms with Crippen LogP contribution in [0.25, 0.3) is 0 Å². The molecule has 1 rings (SSSR count). The van der Waals surface area contributed by atoms with E-state index in [1.807, 2.05) is 7.05 Å². The fourth-order valence-corrected chi connectivity index (χ4v) is 1.84. The Kier molecular flexibility index (Phi) is 4.80. The van der Waals surface area contributed by atoms with E-state index < -0.39 is 0 Å². The smallest absolute Gasteiger partial charge is 0.128 e. The standard InChI is InChI=1S/C12H13BrFN/c1-3-4-5-12(15-2)10-8-9(13)6-7-11(10)14/h1,6-8,12,15H,4-5H2,2H3. The molecule has 1 N–H and O–H groups in total. The van der Waals surface area contributed by atoms with E-state index in [0.717, 1.165) is 10.9 Å². The molecule has 0 aliphatic carbocycles. The highest BCUT2D eigenvalue weighted by molar-refractivity contribution is 9.10. The lowest BCUT2D eigenvalue weighted by atomic mass is 10.0. The van der Waals surface area contributed by atoms with E-state index in [4.69, 9.17) is 6.42 Å². The first kappa shape index (κ1) is 12.2. The first-order chi connectivity index (χ1) is 7.19. The fraction of sp³-hybridized carbons (Fsp3) is 0.333. The highest BCUT2D eigenvalue weighted by Gasteiger charge is 2.13. The molecule has 1 atom stereocenters. The minimum atomic E-state index is -0.199. The van der Waals surface area contributed by atoms with Crippen molar-refractivity contribution in [3.63, 3.8) is 0 Å². The third-order valence-electron chi connectivity index (χ3n) is 2.26. The summed E-state index contributed by atoms with van der Waals surface area (Å²) in [6, 6.07) is 4.90. The van der Waals surface area contributed by atoms with Crippen LogP contribution in [-0.4, -0.2) is 7.05 Å². The minimum absolute atomic E-state index is 0.0291. The zero-order chi connectivity index (χ0) is 11.3. The molecule has 1 aromatic carbocycles. The van der Waals surface area contributed by atoms with Gasteiger partial charge < -0.3 is 5.32 Å². The molecule has 3 heteroatoms. The van der Waals surface area contributed by atoms with Crippen LogP contribution in [0.4, 0.5) is 4.39 Å². The SMILES string of the molecule is C#CCCC(NC)c1cc(Br)ccc1F. The highest BCUT2D eigenvalue weighted by Crippen LogP contribution is 2.24. The van der Waals surface area contributed by atoms with E-state index in [0.29, 0.717) is 12.0 Å². The van der Waals surface area contributed by atoms with Gasteiger partial charge in [0.15, 0.2) is 0 Å². The molecule has 0 aliphatic heterocycles. The Labute approximate surface area is 98.2 Å². The van der Waals surface area contributed by atoms with Gasteiger partial charge in [0.1, 0.15) is 5.82 Å². The summed E-state index contributed by atoms with van der Waals surface area (Å²) in [7, 11) is 1.81. The summed E-state index contributed by atoms with van der Waals surface area (Å²) in [5.41, 5.74) is 0.655. The third-order valence-corrected chi connectivity index (χ3v) is 2.75. The van der Waals surface area contributed by atoms with Gasteiger partial charge in [-0.2, -0.15) is 0 Å². The van der Waals surface area contributed by atoms with Crippen molar-refractivity contribution < 1.29 is 4.39 Å². The second-order valence-electron chi connectivity index (χ2n) is 3.25. The molecule has 0 amide bonds. The quantitative estimate of drug-likeness (QED) is 0.828. The number of hydrogen-bond donors (Lipinski definition) is 1. The summed E-state index contributed by atoms with van der Waals surface area (Å²) in [6.45, 7) is 0. The summed E-state index contributed by atoms with van der Waals surface area (Å²) >= 11 is 3.33. The molecule has 0 saturated carbocycles. The second kappa shape index (κ2) is 5.89. The maximum Gasteiger partial charge on any atom is 0.128 e. The van der Waals surface area contributed by atoms with Gasteiger partial charge in [-0.1, -0.05) is 15.9 Å². The van der Waals surface area contributed by atoms with Crippen molar-refractivity contribution in [2.45, 2.75) is 18.9 Å². The van der Waals surface area contributed by atoms with Gasteiger partial charge in [-0.05, 0) is 31.7 Å². The molecule has 1 nitrogen and oxygen atoms in total. The molecule has 0 aromatic heterocycles. The molecule has 15 heavy (non-hydrogen) atoms. The first-order valence-corrected chi connectivity index (χ1v) is 5.54. The lowest BCUT2D eigenvalue weighted by Crippen LogP contribution is -2.17. The Morgan fingerprint density at radius 1 is 1.60 bits per heavy atom. The highest BCUT2D eigenvalue weighted by atomic mass is 79.9. The van der Waals surface area contributed by atoms with Gasteiger partial charge in [0.25, 0.3) is 0 Å². The van der Waals surface area contributed by atoms with Crippen LogP contribution in [0.15, 0.2) is 22.7 Å². The predicted octanol–water partition coefficient (Wildman–Crippen LogP) is 3.26. The molecule has 0 heterocycles. The summed E-state index contributed by atoms with van der Waals surface area (Å²) in [5, 5.41) is 3.06. The van der Waals surface area contributed by atoms with Gasteiger partial charge in [-0.15, -0.1) is 12.3 Å². The monoisotopic (exact) mass is 269 g/mol. The summed E-state index contributed by atoms with van der Waals surface area (Å²) in [5.74, 6) is 2.36. The fourth-order valence-electron chi connectivity index (χ4n) is 1.46. The molecule has 0 radical (unpaired) electrons. The summed E-state index contributed by atoms with van der Waals surface area (Å²) in [6.07, 6.45) is 6.57.